The average Bonchev–Trinajstić information content (AvgIpc) is 3.30. The molecule has 0 atom stereocenters. The second kappa shape index (κ2) is 4.58. The summed E-state index contributed by atoms with van der Waals surface area (Å²) in [6.45, 7) is 0. The van der Waals surface area contributed by atoms with Crippen LogP contribution in [0, 0.1) is 0 Å². The van der Waals surface area contributed by atoms with E-state index in [2.05, 4.69) is 20.0 Å². The van der Waals surface area contributed by atoms with Crippen LogP contribution >= 0.6 is 0 Å². The van der Waals surface area contributed by atoms with Crippen LogP contribution < -0.4 is 32.3 Å². The van der Waals surface area contributed by atoms with Gasteiger partial charge in [0.25, 0.3) is 0 Å². The van der Waals surface area contributed by atoms with E-state index in [0.29, 0.717) is 22.5 Å². The Morgan fingerprint density at radius 3 is 1.17 bits per heavy atom. The van der Waals surface area contributed by atoms with Crippen molar-refractivity contribution in [3.05, 3.63) is 92.9 Å². The van der Waals surface area contributed by atoms with Crippen molar-refractivity contribution in [3.8, 4) is 0 Å². The van der Waals surface area contributed by atoms with Crippen molar-refractivity contribution in [2.45, 2.75) is 0 Å². The molecule has 0 spiro atoms. The molecule has 23 heavy (non-hydrogen) atoms. The van der Waals surface area contributed by atoms with Crippen LogP contribution in [0.15, 0.2) is 85.1 Å². The third-order valence-electron chi connectivity index (χ3n) is 3.72. The van der Waals surface area contributed by atoms with Gasteiger partial charge in [0, 0.05) is 0 Å². The first kappa shape index (κ1) is 12.2. The SMILES string of the molecule is c1ccc2c(c1)=NC(=c1ccc(=C3N=c4ccccc4=N3)o1)N=2. The summed E-state index contributed by atoms with van der Waals surface area (Å²) in [6, 6.07) is 19.2. The first-order chi connectivity index (χ1) is 11.4. The molecule has 0 fully saturated rings. The maximum Gasteiger partial charge on any atom is 0.196 e. The van der Waals surface area contributed by atoms with E-state index >= 15 is 0 Å². The highest BCUT2D eigenvalue weighted by Crippen LogP contribution is 2.00. The third-order valence-corrected chi connectivity index (χ3v) is 3.72. The summed E-state index contributed by atoms with van der Waals surface area (Å²) in [6.07, 6.45) is 0. The lowest BCUT2D eigenvalue weighted by atomic mass is 10.3. The van der Waals surface area contributed by atoms with E-state index in [1.165, 1.54) is 0 Å². The van der Waals surface area contributed by atoms with Crippen molar-refractivity contribution in [3.63, 3.8) is 0 Å². The minimum atomic E-state index is 0.577. The zero-order valence-corrected chi connectivity index (χ0v) is 12.0. The lowest BCUT2D eigenvalue weighted by molar-refractivity contribution is 0.494. The highest BCUT2D eigenvalue weighted by atomic mass is 16.3. The molecule has 5 rings (SSSR count). The third kappa shape index (κ3) is 1.94. The van der Waals surface area contributed by atoms with Crippen molar-refractivity contribution in [2.24, 2.45) is 20.0 Å². The highest BCUT2D eigenvalue weighted by Gasteiger charge is 2.07. The van der Waals surface area contributed by atoms with Crippen LogP contribution in [0.5, 0.6) is 0 Å². The van der Waals surface area contributed by atoms with Gasteiger partial charge in [-0.1, -0.05) is 24.3 Å². The Bertz CT molecular complexity index is 1140. The van der Waals surface area contributed by atoms with Crippen molar-refractivity contribution in [1.82, 2.24) is 0 Å². The van der Waals surface area contributed by atoms with Gasteiger partial charge in [0.2, 0.25) is 0 Å². The van der Waals surface area contributed by atoms with Gasteiger partial charge < -0.3 is 4.42 Å². The van der Waals surface area contributed by atoms with Gasteiger partial charge in [0.05, 0.1) is 21.4 Å². The molecule has 2 aromatic carbocycles. The smallest absolute Gasteiger partial charge is 0.196 e. The van der Waals surface area contributed by atoms with Crippen LogP contribution in [0.25, 0.3) is 11.6 Å². The molecule has 3 aromatic rings. The van der Waals surface area contributed by atoms with Gasteiger partial charge in [-0.15, -0.1) is 0 Å². The largest absolute Gasteiger partial charge is 0.449 e. The average molecular weight is 298 g/mol. The molecular formula is C18H10N4O. The molecule has 1 aromatic heterocycles. The van der Waals surface area contributed by atoms with Gasteiger partial charge in [-0.25, -0.2) is 20.0 Å². The highest BCUT2D eigenvalue weighted by molar-refractivity contribution is 5.45. The molecule has 108 valence electrons. The van der Waals surface area contributed by atoms with E-state index in [1.807, 2.05) is 60.7 Å². The van der Waals surface area contributed by atoms with Crippen LogP contribution in [0.3, 0.4) is 0 Å². The Kier molecular flexibility index (Phi) is 2.43. The second-order valence-electron chi connectivity index (χ2n) is 5.24. The van der Waals surface area contributed by atoms with E-state index in [4.69, 9.17) is 4.42 Å². The van der Waals surface area contributed by atoms with Crippen molar-refractivity contribution in [2.75, 3.05) is 0 Å². The molecule has 0 radical (unpaired) electrons. The fourth-order valence-electron chi connectivity index (χ4n) is 2.61. The predicted molar refractivity (Wildman–Crippen MR) is 82.3 cm³/mol. The quantitative estimate of drug-likeness (QED) is 0.542. The number of fused-ring (bicyclic) bond motifs is 2. The van der Waals surface area contributed by atoms with Gasteiger partial charge in [0.1, 0.15) is 0 Å². The maximum absolute atomic E-state index is 5.86. The summed E-state index contributed by atoms with van der Waals surface area (Å²) >= 11 is 0. The Labute approximate surface area is 129 Å². The Morgan fingerprint density at radius 1 is 0.478 bits per heavy atom. The normalized spacial score (nSPS) is 14.4. The maximum atomic E-state index is 5.86. The van der Waals surface area contributed by atoms with Crippen LogP contribution in [0.1, 0.15) is 0 Å². The second-order valence-corrected chi connectivity index (χ2v) is 5.24. The molecule has 0 aliphatic carbocycles. The van der Waals surface area contributed by atoms with Gasteiger partial charge in [-0.2, -0.15) is 0 Å². The van der Waals surface area contributed by atoms with Crippen molar-refractivity contribution < 1.29 is 4.42 Å². The number of para-hydroxylation sites is 4. The number of furan rings is 1. The van der Waals surface area contributed by atoms with Crippen molar-refractivity contribution >= 4 is 11.6 Å². The van der Waals surface area contributed by atoms with Crippen LogP contribution in [0.2, 0.25) is 0 Å². The molecule has 3 heterocycles. The van der Waals surface area contributed by atoms with E-state index in [0.717, 1.165) is 21.4 Å². The van der Waals surface area contributed by atoms with Crippen LogP contribution in [-0.4, -0.2) is 0 Å². The number of hydrogen-bond donors (Lipinski definition) is 0. The van der Waals surface area contributed by atoms with Crippen LogP contribution in [-0.2, 0) is 0 Å². The van der Waals surface area contributed by atoms with E-state index < -0.39 is 0 Å². The monoisotopic (exact) mass is 298 g/mol. The first-order valence-electron chi connectivity index (χ1n) is 7.26. The molecule has 2 aliphatic heterocycles. The molecule has 0 N–H and O–H groups in total. The summed E-state index contributed by atoms with van der Waals surface area (Å²) in [5.74, 6) is 1.15. The molecule has 5 heteroatoms. The minimum absolute atomic E-state index is 0.577. The lowest BCUT2D eigenvalue weighted by Gasteiger charge is -1.84. The number of benzene rings is 2. The van der Waals surface area contributed by atoms with Gasteiger partial charge in [-0.3, -0.25) is 0 Å². The summed E-state index contributed by atoms with van der Waals surface area (Å²) in [5, 5.41) is 3.43. The Balaban J connectivity index is 1.75. The number of hydrogen-bond acceptors (Lipinski definition) is 5. The van der Waals surface area contributed by atoms with Gasteiger partial charge >= 0.3 is 0 Å². The fraction of sp³-hybridized carbons (Fsp3) is 0. The molecule has 0 amide bonds. The van der Waals surface area contributed by atoms with E-state index in [1.54, 1.807) is 0 Å². The molecular weight excluding hydrogens is 288 g/mol. The lowest BCUT2D eigenvalue weighted by Crippen LogP contribution is -2.19. The topological polar surface area (TPSA) is 62.6 Å². The summed E-state index contributed by atoms with van der Waals surface area (Å²) < 4.78 is 5.86. The van der Waals surface area contributed by atoms with Crippen LogP contribution in [0.4, 0.5) is 0 Å². The van der Waals surface area contributed by atoms with Crippen molar-refractivity contribution in [1.29, 1.82) is 0 Å². The summed E-state index contributed by atoms with van der Waals surface area (Å²) in [4.78, 5) is 17.9. The predicted octanol–water partition coefficient (Wildman–Crippen LogP) is -0.683. The molecule has 2 aliphatic rings. The zero-order chi connectivity index (χ0) is 15.2. The number of rotatable bonds is 0. The molecule has 0 bridgehead atoms. The summed E-state index contributed by atoms with van der Waals surface area (Å²) in [7, 11) is 0. The first-order valence-corrected chi connectivity index (χ1v) is 7.26. The Morgan fingerprint density at radius 2 is 0.826 bits per heavy atom. The standard InChI is InChI=1S/C18H10N4O/c1-2-6-12-11(5-1)19-17(20-12)15-9-10-16(23-15)18-21-13-7-3-4-8-14(13)22-18/h1-10H. The number of nitrogens with zero attached hydrogens (tertiary/aromatic N) is 4. The van der Waals surface area contributed by atoms with E-state index in [9.17, 15) is 0 Å². The van der Waals surface area contributed by atoms with Gasteiger partial charge in [-0.05, 0) is 36.4 Å². The molecule has 0 saturated carbocycles. The molecule has 0 unspecified atom stereocenters. The molecule has 5 nitrogen and oxygen atoms in total. The fourth-order valence-corrected chi connectivity index (χ4v) is 2.61. The summed E-state index contributed by atoms with van der Waals surface area (Å²) in [5.41, 5.74) is 1.23. The molecule has 0 saturated heterocycles. The van der Waals surface area contributed by atoms with E-state index in [-0.39, 0.29) is 0 Å². The Hall–Kier alpha value is -3.34. The van der Waals surface area contributed by atoms with Gasteiger partial charge in [0.15, 0.2) is 22.5 Å². The zero-order valence-electron chi connectivity index (χ0n) is 12.0. The minimum Gasteiger partial charge on any atom is -0.449 e.